The molecule has 1 fully saturated rings. The van der Waals surface area contributed by atoms with Crippen molar-refractivity contribution < 1.29 is 27.6 Å². The number of carboxylic acid groups (broad SMARTS) is 1. The summed E-state index contributed by atoms with van der Waals surface area (Å²) in [5, 5.41) is 14.9. The van der Waals surface area contributed by atoms with Gasteiger partial charge in [0.2, 0.25) is 5.82 Å². The van der Waals surface area contributed by atoms with Gasteiger partial charge in [0.25, 0.3) is 0 Å². The fourth-order valence-corrected chi connectivity index (χ4v) is 3.37. The van der Waals surface area contributed by atoms with Crippen molar-refractivity contribution in [1.29, 1.82) is 0 Å². The number of alkyl halides is 3. The summed E-state index contributed by atoms with van der Waals surface area (Å²) >= 11 is 0. The second-order valence-electron chi connectivity index (χ2n) is 8.15. The molecule has 158 valence electrons. The normalized spacial score (nSPS) is 18.2. The Labute approximate surface area is 165 Å². The average Bonchev–Trinajstić information content (AvgIpc) is 3.11. The molecule has 1 amide bonds. The van der Waals surface area contributed by atoms with Crippen LogP contribution in [0.5, 0.6) is 0 Å². The van der Waals surface area contributed by atoms with Crippen LogP contribution in [0.3, 0.4) is 0 Å². The first-order chi connectivity index (χ1) is 13.4. The van der Waals surface area contributed by atoms with E-state index >= 15 is 0 Å². The Morgan fingerprint density at radius 2 is 2.03 bits per heavy atom. The van der Waals surface area contributed by atoms with Crippen LogP contribution in [0.4, 0.5) is 23.8 Å². The van der Waals surface area contributed by atoms with E-state index in [-0.39, 0.29) is 23.8 Å². The first-order valence-electron chi connectivity index (χ1n) is 9.04. The molecular formula is C18H21F3N5O3-. The van der Waals surface area contributed by atoms with Gasteiger partial charge in [0.1, 0.15) is 11.9 Å². The summed E-state index contributed by atoms with van der Waals surface area (Å²) in [4.78, 5) is 22.4. The Morgan fingerprint density at radius 1 is 1.31 bits per heavy atom. The zero-order chi connectivity index (χ0) is 21.4. The number of aromatic nitrogens is 3. The van der Waals surface area contributed by atoms with Crippen LogP contribution >= 0.6 is 0 Å². The molecule has 0 radical (unpaired) electrons. The largest absolute Gasteiger partial charge is 0.530 e. The first kappa shape index (κ1) is 20.9. The molecule has 8 nitrogen and oxygen atoms in total. The number of piperazine rings is 1. The smallest absolute Gasteiger partial charge is 0.471 e. The van der Waals surface area contributed by atoms with Crippen molar-refractivity contribution in [3.63, 3.8) is 0 Å². The highest BCUT2D eigenvalue weighted by atomic mass is 19.4. The minimum absolute atomic E-state index is 0.102. The molecule has 0 bridgehead atoms. The van der Waals surface area contributed by atoms with Crippen molar-refractivity contribution in [1.82, 2.24) is 20.0 Å². The SMILES string of the molecule is CC(C)(C)CC1CN(c2cc(-c3noc(C(F)(F)F)n3)ccn2)CCN1C(=O)[O-]. The summed E-state index contributed by atoms with van der Waals surface area (Å²) in [6.45, 7) is 7.08. The number of pyridine rings is 1. The molecule has 1 unspecified atom stereocenters. The standard InChI is InChI=1S/C18H22F3N5O3/c1-17(2,3)9-12-10-25(6-7-26(12)16(27)28)13-8-11(4-5-22-13)14-23-15(29-24-14)18(19,20)21/h4-5,8,12H,6-7,9-10H2,1-3H3,(H,27,28)/p-1. The van der Waals surface area contributed by atoms with E-state index < -0.39 is 18.2 Å². The molecule has 1 aliphatic heterocycles. The maximum Gasteiger partial charge on any atom is 0.471 e. The van der Waals surface area contributed by atoms with Crippen LogP contribution in [-0.2, 0) is 6.18 Å². The molecule has 0 aromatic carbocycles. The molecule has 3 rings (SSSR count). The fraction of sp³-hybridized carbons (Fsp3) is 0.556. The molecule has 11 heteroatoms. The number of nitrogens with zero attached hydrogens (tertiary/aromatic N) is 5. The predicted molar refractivity (Wildman–Crippen MR) is 94.7 cm³/mol. The van der Waals surface area contributed by atoms with Gasteiger partial charge in [-0.3, -0.25) is 0 Å². The van der Waals surface area contributed by atoms with Crippen LogP contribution in [0.1, 0.15) is 33.1 Å². The molecule has 3 heterocycles. The minimum Gasteiger partial charge on any atom is -0.530 e. The highest BCUT2D eigenvalue weighted by Gasteiger charge is 2.38. The number of carbonyl (C=O) groups excluding carboxylic acids is 1. The van der Waals surface area contributed by atoms with Gasteiger partial charge >= 0.3 is 12.1 Å². The Balaban J connectivity index is 1.83. The molecule has 1 atom stereocenters. The van der Waals surface area contributed by atoms with Crippen LogP contribution in [0.15, 0.2) is 22.9 Å². The zero-order valence-corrected chi connectivity index (χ0v) is 16.2. The third kappa shape index (κ3) is 4.96. The molecule has 2 aromatic heterocycles. The van der Waals surface area contributed by atoms with E-state index in [0.29, 0.717) is 30.9 Å². The van der Waals surface area contributed by atoms with Crippen LogP contribution in [0.2, 0.25) is 0 Å². The van der Waals surface area contributed by atoms with Crippen molar-refractivity contribution in [3.8, 4) is 11.4 Å². The van der Waals surface area contributed by atoms with Gasteiger partial charge in [-0.25, -0.2) is 4.98 Å². The van der Waals surface area contributed by atoms with Crippen molar-refractivity contribution in [3.05, 3.63) is 24.2 Å². The number of anilines is 1. The summed E-state index contributed by atoms with van der Waals surface area (Å²) in [5.41, 5.74) is 0.221. The van der Waals surface area contributed by atoms with E-state index in [4.69, 9.17) is 0 Å². The van der Waals surface area contributed by atoms with Crippen molar-refractivity contribution >= 4 is 11.9 Å². The maximum atomic E-state index is 12.7. The molecule has 29 heavy (non-hydrogen) atoms. The summed E-state index contributed by atoms with van der Waals surface area (Å²) in [6.07, 6.45) is -3.87. The molecule has 2 aromatic rings. The molecule has 0 N–H and O–H groups in total. The topological polar surface area (TPSA) is 98.4 Å². The van der Waals surface area contributed by atoms with Crippen LogP contribution < -0.4 is 10.0 Å². The van der Waals surface area contributed by atoms with E-state index in [0.717, 1.165) is 0 Å². The van der Waals surface area contributed by atoms with Crippen molar-refractivity contribution in [2.75, 3.05) is 24.5 Å². The highest BCUT2D eigenvalue weighted by Crippen LogP contribution is 2.31. The summed E-state index contributed by atoms with van der Waals surface area (Å²) in [5.74, 6) is -1.11. The van der Waals surface area contributed by atoms with Crippen LogP contribution in [0, 0.1) is 5.41 Å². The van der Waals surface area contributed by atoms with E-state index in [9.17, 15) is 23.1 Å². The van der Waals surface area contributed by atoms with E-state index in [2.05, 4.69) is 19.6 Å². The minimum atomic E-state index is -4.72. The number of hydrogen-bond acceptors (Lipinski definition) is 7. The van der Waals surface area contributed by atoms with E-state index in [1.54, 1.807) is 6.07 Å². The van der Waals surface area contributed by atoms with Gasteiger partial charge in [0, 0.05) is 37.4 Å². The highest BCUT2D eigenvalue weighted by molar-refractivity contribution is 5.64. The zero-order valence-electron chi connectivity index (χ0n) is 16.2. The van der Waals surface area contributed by atoms with Gasteiger partial charge in [-0.15, -0.1) is 0 Å². The predicted octanol–water partition coefficient (Wildman–Crippen LogP) is 2.42. The van der Waals surface area contributed by atoms with Gasteiger partial charge in [-0.1, -0.05) is 25.9 Å². The molecule has 0 saturated carbocycles. The third-order valence-corrected chi connectivity index (χ3v) is 4.56. The van der Waals surface area contributed by atoms with Gasteiger partial charge in [0.15, 0.2) is 0 Å². The quantitative estimate of drug-likeness (QED) is 0.763. The number of hydrogen-bond donors (Lipinski definition) is 0. The second kappa shape index (κ2) is 7.53. The fourth-order valence-electron chi connectivity index (χ4n) is 3.37. The van der Waals surface area contributed by atoms with Crippen LogP contribution in [0.25, 0.3) is 11.4 Å². The van der Waals surface area contributed by atoms with E-state index in [1.807, 2.05) is 25.7 Å². The lowest BCUT2D eigenvalue weighted by atomic mass is 9.86. The maximum absolute atomic E-state index is 12.7. The summed E-state index contributed by atoms with van der Waals surface area (Å²) in [7, 11) is 0. The Bertz CT molecular complexity index is 878. The van der Waals surface area contributed by atoms with Crippen molar-refractivity contribution in [2.45, 2.75) is 39.4 Å². The van der Waals surface area contributed by atoms with Gasteiger partial charge in [-0.05, 0) is 24.0 Å². The van der Waals surface area contributed by atoms with Gasteiger partial charge in [0.05, 0.1) is 0 Å². The average molecular weight is 412 g/mol. The Kier molecular flexibility index (Phi) is 5.42. The molecule has 0 spiro atoms. The number of carbonyl (C=O) groups is 1. The monoisotopic (exact) mass is 412 g/mol. The summed E-state index contributed by atoms with van der Waals surface area (Å²) < 4.78 is 42.4. The molecule has 1 saturated heterocycles. The molecular weight excluding hydrogens is 391 g/mol. The number of amides is 1. The lowest BCUT2D eigenvalue weighted by Crippen LogP contribution is -2.59. The lowest BCUT2D eigenvalue weighted by Gasteiger charge is -2.45. The Hall–Kier alpha value is -2.85. The van der Waals surface area contributed by atoms with Crippen LogP contribution in [-0.4, -0.2) is 51.8 Å². The van der Waals surface area contributed by atoms with Gasteiger partial charge in [-0.2, -0.15) is 18.2 Å². The summed E-state index contributed by atoms with van der Waals surface area (Å²) in [6, 6.07) is 2.76. The lowest BCUT2D eigenvalue weighted by molar-refractivity contribution is -0.268. The molecule has 0 aliphatic carbocycles. The first-order valence-corrected chi connectivity index (χ1v) is 9.04. The van der Waals surface area contributed by atoms with Gasteiger partial charge < -0.3 is 24.2 Å². The van der Waals surface area contributed by atoms with E-state index in [1.165, 1.54) is 17.2 Å². The van der Waals surface area contributed by atoms with Crippen molar-refractivity contribution in [2.24, 2.45) is 5.41 Å². The number of rotatable bonds is 3. The second-order valence-corrected chi connectivity index (χ2v) is 8.15. The number of halogens is 3. The third-order valence-electron chi connectivity index (χ3n) is 4.56. The molecule has 1 aliphatic rings. The Morgan fingerprint density at radius 3 is 2.62 bits per heavy atom.